The molecule has 0 aromatic rings. The van der Waals surface area contributed by atoms with Crippen LogP contribution in [0.4, 0.5) is 0 Å². The molecule has 0 aromatic carbocycles. The van der Waals surface area contributed by atoms with Crippen molar-refractivity contribution >= 4 is 16.3 Å². The van der Waals surface area contributed by atoms with Crippen LogP contribution in [-0.4, -0.2) is 95.4 Å². The minimum absolute atomic E-state index is 0.221. The Bertz CT molecular complexity index is 1390. The van der Waals surface area contributed by atoms with E-state index in [0.29, 0.717) is 12.8 Å². The lowest BCUT2D eigenvalue weighted by atomic mass is 9.99. The Hall–Kier alpha value is -0.900. The van der Waals surface area contributed by atoms with E-state index in [0.717, 1.165) is 51.4 Å². The van der Waals surface area contributed by atoms with Crippen LogP contribution in [0.1, 0.15) is 361 Å². The predicted octanol–water partition coefficient (Wildman–Crippen LogP) is 17.6. The molecule has 1 amide bonds. The topological polar surface area (TPSA) is 192 Å². The first-order valence-electron chi connectivity index (χ1n) is 34.4. The lowest BCUT2D eigenvalue weighted by Gasteiger charge is -2.41. The molecule has 0 bridgehead atoms. The van der Waals surface area contributed by atoms with E-state index in [-0.39, 0.29) is 12.5 Å². The van der Waals surface area contributed by atoms with E-state index >= 15 is 0 Å². The molecule has 1 aliphatic heterocycles. The van der Waals surface area contributed by atoms with E-state index in [1.807, 2.05) is 0 Å². The molecule has 472 valence electrons. The molecule has 7 atom stereocenters. The fourth-order valence-electron chi connectivity index (χ4n) is 11.6. The van der Waals surface area contributed by atoms with E-state index in [2.05, 4.69) is 23.3 Å². The summed E-state index contributed by atoms with van der Waals surface area (Å²) in [6.45, 7) is 3.51. The number of hydrogen-bond acceptors (Lipinski definition) is 10. The number of hydrogen-bond donors (Lipinski definition) is 6. The number of amides is 1. The number of carbonyl (C=O) groups is 1. The van der Waals surface area contributed by atoms with E-state index < -0.39 is 59.9 Å². The summed E-state index contributed by atoms with van der Waals surface area (Å²) in [5.74, 6) is -0.221. The zero-order valence-corrected chi connectivity index (χ0v) is 52.5. The fraction of sp³-hybridized carbons (Fsp3) is 0.985. The fourth-order valence-corrected chi connectivity index (χ4v) is 12.2. The van der Waals surface area contributed by atoms with Crippen molar-refractivity contribution in [1.29, 1.82) is 0 Å². The van der Waals surface area contributed by atoms with Gasteiger partial charge in [-0.05, 0) is 12.8 Å². The summed E-state index contributed by atoms with van der Waals surface area (Å²) < 4.78 is 48.0. The van der Waals surface area contributed by atoms with Gasteiger partial charge in [-0.1, -0.05) is 341 Å². The minimum Gasteiger partial charge on any atom is -0.394 e. The molecule has 1 heterocycles. The molecule has 1 aliphatic rings. The lowest BCUT2D eigenvalue weighted by molar-refractivity contribution is -0.298. The van der Waals surface area contributed by atoms with Gasteiger partial charge in [0.2, 0.25) is 5.91 Å². The molecule has 1 rings (SSSR count). The van der Waals surface area contributed by atoms with Gasteiger partial charge in [0.1, 0.15) is 24.4 Å². The highest BCUT2D eigenvalue weighted by molar-refractivity contribution is 7.80. The van der Waals surface area contributed by atoms with Crippen LogP contribution >= 0.6 is 0 Å². The Labute approximate surface area is 488 Å². The van der Waals surface area contributed by atoms with Crippen LogP contribution in [0.2, 0.25) is 0 Å². The molecule has 7 unspecified atom stereocenters. The number of aliphatic hydroxyl groups is 4. The minimum atomic E-state index is -5.08. The Morgan fingerprint density at radius 3 is 1.01 bits per heavy atom. The average Bonchev–Trinajstić information content (AvgIpc) is 3.45. The van der Waals surface area contributed by atoms with Crippen molar-refractivity contribution < 1.29 is 51.8 Å². The quantitative estimate of drug-likeness (QED) is 0.0251. The van der Waals surface area contributed by atoms with Crippen LogP contribution in [0.3, 0.4) is 0 Å². The smallest absolute Gasteiger partial charge is 0.394 e. The van der Waals surface area contributed by atoms with Crippen LogP contribution in [-0.2, 0) is 28.9 Å². The molecule has 1 saturated heterocycles. The summed E-state index contributed by atoms with van der Waals surface area (Å²) in [6.07, 6.45) is 60.2. The SMILES string of the molecule is CCCCCCCCCCCCCCCCCCCCCCCCCCCCCCCCCCCCCCCC(=O)NC(COC1OC(CO)C(O)C(OS(=O)(=O)O)C1O)C(O)CCCCCCCCCCCCCCCCC. The average molecular weight is 1150 g/mol. The van der Waals surface area contributed by atoms with E-state index in [1.165, 1.54) is 283 Å². The van der Waals surface area contributed by atoms with Crippen LogP contribution in [0.5, 0.6) is 0 Å². The van der Waals surface area contributed by atoms with Gasteiger partial charge in [0.25, 0.3) is 0 Å². The third-order valence-electron chi connectivity index (χ3n) is 16.9. The number of aliphatic hydroxyl groups excluding tert-OH is 4. The number of nitrogens with one attached hydrogen (secondary N) is 1. The molecule has 0 saturated carbocycles. The zero-order chi connectivity index (χ0) is 57.5. The Morgan fingerprint density at radius 1 is 0.456 bits per heavy atom. The molecule has 0 radical (unpaired) electrons. The third kappa shape index (κ3) is 48.1. The lowest BCUT2D eigenvalue weighted by Crippen LogP contribution is -2.61. The van der Waals surface area contributed by atoms with Gasteiger partial charge in [-0.25, -0.2) is 4.18 Å². The van der Waals surface area contributed by atoms with Gasteiger partial charge in [-0.15, -0.1) is 0 Å². The highest BCUT2D eigenvalue weighted by atomic mass is 32.3. The maximum atomic E-state index is 13.2. The van der Waals surface area contributed by atoms with Crippen LogP contribution in [0.15, 0.2) is 0 Å². The highest BCUT2D eigenvalue weighted by Gasteiger charge is 2.48. The van der Waals surface area contributed by atoms with Crippen molar-refractivity contribution in [3.05, 3.63) is 0 Å². The van der Waals surface area contributed by atoms with Crippen LogP contribution in [0.25, 0.3) is 0 Å². The highest BCUT2D eigenvalue weighted by Crippen LogP contribution is 2.27. The van der Waals surface area contributed by atoms with E-state index in [4.69, 9.17) is 9.47 Å². The number of carbonyl (C=O) groups excluding carboxylic acids is 1. The summed E-state index contributed by atoms with van der Waals surface area (Å²) in [7, 11) is -5.08. The third-order valence-corrected chi connectivity index (χ3v) is 17.4. The zero-order valence-electron chi connectivity index (χ0n) is 51.7. The van der Waals surface area contributed by atoms with Crippen LogP contribution < -0.4 is 5.32 Å². The van der Waals surface area contributed by atoms with E-state index in [9.17, 15) is 38.2 Å². The molecule has 79 heavy (non-hydrogen) atoms. The van der Waals surface area contributed by atoms with Gasteiger partial charge in [0, 0.05) is 6.42 Å². The van der Waals surface area contributed by atoms with Gasteiger partial charge in [-0.2, -0.15) is 8.42 Å². The predicted molar refractivity (Wildman–Crippen MR) is 329 cm³/mol. The normalized spacial score (nSPS) is 18.6. The number of unbranched alkanes of at least 4 members (excludes halogenated alkanes) is 50. The molecular formula is C66H131NO11S. The van der Waals surface area contributed by atoms with Crippen molar-refractivity contribution in [3.63, 3.8) is 0 Å². The van der Waals surface area contributed by atoms with Gasteiger partial charge >= 0.3 is 10.4 Å². The van der Waals surface area contributed by atoms with Crippen molar-refractivity contribution in [1.82, 2.24) is 5.32 Å². The Kier molecular flexibility index (Phi) is 54.2. The van der Waals surface area contributed by atoms with Crippen molar-refractivity contribution in [2.75, 3.05) is 13.2 Å². The summed E-state index contributed by atoms with van der Waals surface area (Å²) in [4.78, 5) is 13.2. The standard InChI is InChI=1S/C66H131NO11S/c1-3-5-7-9-11-13-15-17-19-20-21-22-23-24-25-26-27-28-29-30-31-32-33-34-35-36-37-38-39-40-42-44-46-48-50-52-54-56-62(70)67-59(58-76-66-64(72)65(78-79(73,74)75)63(71)61(57-68)77-66)60(69)55-53-51-49-47-45-43-41-18-16-14-12-10-8-6-4-2/h59-61,63-66,68-69,71-72H,3-58H2,1-2H3,(H,67,70)(H,73,74,75). The van der Waals surface area contributed by atoms with Gasteiger partial charge in [0.15, 0.2) is 6.29 Å². The van der Waals surface area contributed by atoms with Crippen molar-refractivity contribution in [2.45, 2.75) is 403 Å². The molecule has 0 spiro atoms. The molecule has 0 aliphatic carbocycles. The van der Waals surface area contributed by atoms with Crippen molar-refractivity contribution in [3.8, 4) is 0 Å². The number of ether oxygens (including phenoxy) is 2. The van der Waals surface area contributed by atoms with Gasteiger partial charge in [0.05, 0.1) is 25.4 Å². The summed E-state index contributed by atoms with van der Waals surface area (Å²) in [6, 6.07) is -0.854. The monoisotopic (exact) mass is 1150 g/mol. The van der Waals surface area contributed by atoms with Crippen molar-refractivity contribution in [2.24, 2.45) is 0 Å². The van der Waals surface area contributed by atoms with Gasteiger partial charge in [-0.3, -0.25) is 9.35 Å². The van der Waals surface area contributed by atoms with Gasteiger partial charge < -0.3 is 35.2 Å². The Balaban J connectivity index is 2.13. The first-order valence-corrected chi connectivity index (χ1v) is 35.8. The molecule has 1 fully saturated rings. The second-order valence-electron chi connectivity index (χ2n) is 24.5. The second kappa shape index (κ2) is 56.2. The summed E-state index contributed by atoms with van der Waals surface area (Å²) >= 11 is 0. The summed E-state index contributed by atoms with van der Waals surface area (Å²) in [5, 5.41) is 45.2. The Morgan fingerprint density at radius 2 is 0.734 bits per heavy atom. The molecule has 6 N–H and O–H groups in total. The first kappa shape index (κ1) is 76.1. The first-order chi connectivity index (χ1) is 38.5. The molecule has 0 aromatic heterocycles. The van der Waals surface area contributed by atoms with Crippen LogP contribution in [0, 0.1) is 0 Å². The largest absolute Gasteiger partial charge is 0.397 e. The molecule has 13 heteroatoms. The molecular weight excluding hydrogens is 1010 g/mol. The second-order valence-corrected chi connectivity index (χ2v) is 25.5. The maximum absolute atomic E-state index is 13.2. The number of rotatable bonds is 62. The van der Waals surface area contributed by atoms with E-state index in [1.54, 1.807) is 0 Å². The maximum Gasteiger partial charge on any atom is 0.397 e. The molecule has 12 nitrogen and oxygen atoms in total. The summed E-state index contributed by atoms with van der Waals surface area (Å²) in [5.41, 5.74) is 0.